The van der Waals surface area contributed by atoms with Crippen molar-refractivity contribution in [1.82, 2.24) is 9.71 Å². The Morgan fingerprint density at radius 1 is 0.964 bits per heavy atom. The average molecular weight is 395 g/mol. The molecule has 0 saturated heterocycles. The highest BCUT2D eigenvalue weighted by Crippen LogP contribution is 2.19. The van der Waals surface area contributed by atoms with Gasteiger partial charge in [-0.1, -0.05) is 23.7 Å². The van der Waals surface area contributed by atoms with Gasteiger partial charge >= 0.3 is 5.97 Å². The Hall–Kier alpha value is -3.51. The summed E-state index contributed by atoms with van der Waals surface area (Å²) < 4.78 is 14.1. The van der Waals surface area contributed by atoms with Gasteiger partial charge in [0.15, 0.2) is 5.82 Å². The number of rotatable bonds is 3. The number of benzene rings is 3. The van der Waals surface area contributed by atoms with E-state index in [1.54, 1.807) is 36.4 Å². The van der Waals surface area contributed by atoms with Crippen LogP contribution in [0.3, 0.4) is 0 Å². The summed E-state index contributed by atoms with van der Waals surface area (Å²) in [4.78, 5) is 35.3. The molecule has 7 heteroatoms. The Labute approximate surface area is 163 Å². The molecule has 5 nitrogen and oxygen atoms in total. The maximum Gasteiger partial charge on any atom is 0.363 e. The van der Waals surface area contributed by atoms with Crippen LogP contribution in [0, 0.1) is 5.82 Å². The molecule has 0 atom stereocenters. The van der Waals surface area contributed by atoms with Crippen molar-refractivity contribution in [3.8, 4) is 11.4 Å². The lowest BCUT2D eigenvalue weighted by Crippen LogP contribution is -2.33. The molecule has 138 valence electrons. The molecule has 0 N–H and O–H groups in total. The molecule has 4 rings (SSSR count). The molecule has 4 aromatic rings. The molecule has 0 fully saturated rings. The fourth-order valence-electron chi connectivity index (χ4n) is 2.70. The minimum Gasteiger partial charge on any atom is -0.326 e. The van der Waals surface area contributed by atoms with Gasteiger partial charge in [0.05, 0.1) is 16.5 Å². The maximum atomic E-state index is 13.3. The Balaban J connectivity index is 1.87. The Morgan fingerprint density at radius 3 is 2.36 bits per heavy atom. The molecule has 1 heterocycles. The summed E-state index contributed by atoms with van der Waals surface area (Å²) in [5.74, 6) is -1.10. The third-order valence-electron chi connectivity index (χ3n) is 4.09. The molecule has 0 amide bonds. The molecule has 0 radical (unpaired) electrons. The van der Waals surface area contributed by atoms with Crippen molar-refractivity contribution < 1.29 is 14.0 Å². The van der Waals surface area contributed by atoms with Gasteiger partial charge in [-0.2, -0.15) is 0 Å². The first-order valence-corrected chi connectivity index (χ1v) is 8.67. The standard InChI is InChI=1S/C21H12ClFN2O3/c22-15-9-5-14(6-10-15)21(27)28-25-19(13-7-11-16(23)12-8-13)24-18-4-2-1-3-17(18)20(25)26/h1-12H. The van der Waals surface area contributed by atoms with E-state index in [0.29, 0.717) is 16.1 Å². The van der Waals surface area contributed by atoms with Crippen molar-refractivity contribution in [2.45, 2.75) is 0 Å². The zero-order valence-corrected chi connectivity index (χ0v) is 15.1. The van der Waals surface area contributed by atoms with Crippen LogP contribution in [0.5, 0.6) is 0 Å². The summed E-state index contributed by atoms with van der Waals surface area (Å²) in [5, 5.41) is 0.755. The van der Waals surface area contributed by atoms with Gasteiger partial charge in [0.2, 0.25) is 0 Å². The molecule has 0 aliphatic carbocycles. The van der Waals surface area contributed by atoms with Crippen LogP contribution in [0.15, 0.2) is 77.6 Å². The predicted octanol–water partition coefficient (Wildman–Crippen LogP) is 4.13. The van der Waals surface area contributed by atoms with Gasteiger partial charge in [-0.3, -0.25) is 4.79 Å². The van der Waals surface area contributed by atoms with Crippen LogP contribution in [0.1, 0.15) is 10.4 Å². The number of carbonyl (C=O) groups excluding carboxylic acids is 1. The van der Waals surface area contributed by atoms with E-state index in [0.717, 1.165) is 4.73 Å². The summed E-state index contributed by atoms with van der Waals surface area (Å²) in [5.41, 5.74) is 0.528. The van der Waals surface area contributed by atoms with Crippen molar-refractivity contribution in [2.75, 3.05) is 0 Å². The average Bonchev–Trinajstić information content (AvgIpc) is 2.71. The molecule has 0 bridgehead atoms. The van der Waals surface area contributed by atoms with Crippen LogP contribution in [-0.2, 0) is 0 Å². The minimum atomic E-state index is -0.751. The summed E-state index contributed by atoms with van der Waals surface area (Å²) >= 11 is 5.84. The van der Waals surface area contributed by atoms with Crippen molar-refractivity contribution in [3.63, 3.8) is 0 Å². The summed E-state index contributed by atoms with van der Waals surface area (Å²) in [7, 11) is 0. The van der Waals surface area contributed by atoms with Crippen LogP contribution < -0.4 is 10.4 Å². The second-order valence-corrected chi connectivity index (χ2v) is 6.38. The number of hydrogen-bond acceptors (Lipinski definition) is 4. The molecule has 28 heavy (non-hydrogen) atoms. The van der Waals surface area contributed by atoms with Gasteiger partial charge in [-0.25, -0.2) is 14.2 Å². The van der Waals surface area contributed by atoms with E-state index in [1.165, 1.54) is 36.4 Å². The predicted molar refractivity (Wildman–Crippen MR) is 104 cm³/mol. The Morgan fingerprint density at radius 2 is 1.64 bits per heavy atom. The third kappa shape index (κ3) is 3.37. The number of fused-ring (bicyclic) bond motifs is 1. The molecular weight excluding hydrogens is 383 g/mol. The summed E-state index contributed by atoms with van der Waals surface area (Å²) in [6, 6.07) is 18.1. The van der Waals surface area contributed by atoms with Crippen LogP contribution in [-0.4, -0.2) is 15.7 Å². The lowest BCUT2D eigenvalue weighted by Gasteiger charge is -2.13. The Kier molecular flexibility index (Phi) is 4.63. The summed E-state index contributed by atoms with van der Waals surface area (Å²) in [6.07, 6.45) is 0. The lowest BCUT2D eigenvalue weighted by atomic mass is 10.2. The van der Waals surface area contributed by atoms with Gasteiger partial charge in [0.25, 0.3) is 5.56 Å². The first-order valence-electron chi connectivity index (χ1n) is 8.29. The molecule has 0 aliphatic rings. The monoisotopic (exact) mass is 394 g/mol. The van der Waals surface area contributed by atoms with E-state index in [2.05, 4.69) is 4.98 Å². The van der Waals surface area contributed by atoms with Crippen LogP contribution in [0.4, 0.5) is 4.39 Å². The smallest absolute Gasteiger partial charge is 0.326 e. The number of nitrogens with zero attached hydrogens (tertiary/aromatic N) is 2. The van der Waals surface area contributed by atoms with E-state index in [-0.39, 0.29) is 16.8 Å². The zero-order valence-electron chi connectivity index (χ0n) is 14.3. The molecule has 1 aromatic heterocycles. The topological polar surface area (TPSA) is 61.2 Å². The molecule has 3 aromatic carbocycles. The summed E-state index contributed by atoms with van der Waals surface area (Å²) in [6.45, 7) is 0. The molecule has 0 saturated carbocycles. The van der Waals surface area contributed by atoms with Gasteiger partial charge in [0.1, 0.15) is 5.82 Å². The van der Waals surface area contributed by atoms with Gasteiger partial charge in [0, 0.05) is 10.6 Å². The molecular formula is C21H12ClFN2O3. The highest BCUT2D eigenvalue weighted by Gasteiger charge is 2.18. The van der Waals surface area contributed by atoms with E-state index in [9.17, 15) is 14.0 Å². The van der Waals surface area contributed by atoms with Crippen molar-refractivity contribution in [2.24, 2.45) is 0 Å². The first kappa shape index (κ1) is 17.9. The lowest BCUT2D eigenvalue weighted by molar-refractivity contribution is 0.0449. The fourth-order valence-corrected chi connectivity index (χ4v) is 2.83. The van der Waals surface area contributed by atoms with Gasteiger partial charge in [-0.05, 0) is 60.7 Å². The quantitative estimate of drug-likeness (QED) is 0.524. The van der Waals surface area contributed by atoms with Crippen molar-refractivity contribution >= 4 is 28.5 Å². The number of carbonyl (C=O) groups is 1. The largest absolute Gasteiger partial charge is 0.363 e. The van der Waals surface area contributed by atoms with Crippen LogP contribution in [0.2, 0.25) is 5.02 Å². The zero-order chi connectivity index (χ0) is 19.7. The molecule has 0 unspecified atom stereocenters. The van der Waals surface area contributed by atoms with E-state index >= 15 is 0 Å². The Bertz CT molecular complexity index is 1240. The minimum absolute atomic E-state index is 0.0889. The van der Waals surface area contributed by atoms with E-state index < -0.39 is 17.3 Å². The van der Waals surface area contributed by atoms with E-state index in [1.807, 2.05) is 0 Å². The normalized spacial score (nSPS) is 10.8. The highest BCUT2D eigenvalue weighted by molar-refractivity contribution is 6.30. The fraction of sp³-hybridized carbons (Fsp3) is 0. The SMILES string of the molecule is O=C(On1c(-c2ccc(F)cc2)nc2ccccc2c1=O)c1ccc(Cl)cc1. The van der Waals surface area contributed by atoms with Crippen LogP contribution >= 0.6 is 11.6 Å². The first-order chi connectivity index (χ1) is 13.5. The number of hydrogen-bond donors (Lipinski definition) is 0. The second-order valence-electron chi connectivity index (χ2n) is 5.94. The van der Waals surface area contributed by atoms with Crippen molar-refractivity contribution in [1.29, 1.82) is 0 Å². The van der Waals surface area contributed by atoms with Gasteiger partial charge < -0.3 is 4.84 Å². The van der Waals surface area contributed by atoms with Gasteiger partial charge in [-0.15, -0.1) is 4.73 Å². The third-order valence-corrected chi connectivity index (χ3v) is 4.35. The maximum absolute atomic E-state index is 13.3. The van der Waals surface area contributed by atoms with E-state index in [4.69, 9.17) is 16.4 Å². The van der Waals surface area contributed by atoms with Crippen molar-refractivity contribution in [3.05, 3.63) is 99.6 Å². The molecule has 0 spiro atoms. The molecule has 0 aliphatic heterocycles. The number of para-hydroxylation sites is 1. The number of aromatic nitrogens is 2. The highest BCUT2D eigenvalue weighted by atomic mass is 35.5. The number of halogens is 2. The second kappa shape index (κ2) is 7.25. The van der Waals surface area contributed by atoms with Crippen LogP contribution in [0.25, 0.3) is 22.3 Å².